The molecule has 0 radical (unpaired) electrons. The Kier molecular flexibility index (Phi) is 5.65. The topological polar surface area (TPSA) is 118 Å². The SMILES string of the molecule is Cc1cccc(NS(=O)(=O)c2cccc(C(=O)Nc3ccc(C(N)=O)cc3)c2)c1. The van der Waals surface area contributed by atoms with Crippen molar-refractivity contribution in [2.24, 2.45) is 5.73 Å². The van der Waals surface area contributed by atoms with E-state index in [9.17, 15) is 18.0 Å². The maximum absolute atomic E-state index is 12.7. The molecule has 0 aliphatic heterocycles. The normalized spacial score (nSPS) is 10.9. The van der Waals surface area contributed by atoms with Crippen molar-refractivity contribution in [2.45, 2.75) is 11.8 Å². The third-order valence-electron chi connectivity index (χ3n) is 4.10. The van der Waals surface area contributed by atoms with Gasteiger partial charge in [0.15, 0.2) is 0 Å². The van der Waals surface area contributed by atoms with Crippen LogP contribution in [0, 0.1) is 6.92 Å². The van der Waals surface area contributed by atoms with E-state index in [1.807, 2.05) is 13.0 Å². The fourth-order valence-corrected chi connectivity index (χ4v) is 3.74. The number of carbonyl (C=O) groups excluding carboxylic acids is 2. The summed E-state index contributed by atoms with van der Waals surface area (Å²) in [5, 5.41) is 2.65. The van der Waals surface area contributed by atoms with Crippen LogP contribution < -0.4 is 15.8 Å². The van der Waals surface area contributed by atoms with Crippen LogP contribution in [-0.4, -0.2) is 20.2 Å². The van der Waals surface area contributed by atoms with Crippen LogP contribution in [0.1, 0.15) is 26.3 Å². The Bertz CT molecular complexity index is 1170. The Morgan fingerprint density at radius 2 is 1.52 bits per heavy atom. The van der Waals surface area contributed by atoms with Gasteiger partial charge in [0.05, 0.1) is 4.90 Å². The number of hydrogen-bond acceptors (Lipinski definition) is 4. The molecule has 2 amide bonds. The zero-order valence-electron chi connectivity index (χ0n) is 15.5. The summed E-state index contributed by atoms with van der Waals surface area (Å²) in [4.78, 5) is 23.6. The van der Waals surface area contributed by atoms with Gasteiger partial charge in [-0.25, -0.2) is 8.42 Å². The Balaban J connectivity index is 1.79. The van der Waals surface area contributed by atoms with Gasteiger partial charge >= 0.3 is 0 Å². The highest BCUT2D eigenvalue weighted by atomic mass is 32.2. The minimum absolute atomic E-state index is 0.0317. The van der Waals surface area contributed by atoms with E-state index in [1.54, 1.807) is 18.2 Å². The van der Waals surface area contributed by atoms with Gasteiger partial charge in [-0.3, -0.25) is 14.3 Å². The lowest BCUT2D eigenvalue weighted by Crippen LogP contribution is -2.16. The maximum Gasteiger partial charge on any atom is 0.261 e. The summed E-state index contributed by atoms with van der Waals surface area (Å²) in [6.45, 7) is 1.86. The van der Waals surface area contributed by atoms with Gasteiger partial charge in [-0.05, 0) is 67.1 Å². The number of rotatable bonds is 6. The Hall–Kier alpha value is -3.65. The van der Waals surface area contributed by atoms with Gasteiger partial charge in [0.1, 0.15) is 0 Å². The van der Waals surface area contributed by atoms with Crippen LogP contribution in [0.5, 0.6) is 0 Å². The summed E-state index contributed by atoms with van der Waals surface area (Å²) in [5.74, 6) is -1.05. The van der Waals surface area contributed by atoms with Gasteiger partial charge < -0.3 is 11.1 Å². The largest absolute Gasteiger partial charge is 0.366 e. The number of nitrogens with two attached hydrogens (primary N) is 1. The lowest BCUT2D eigenvalue weighted by atomic mass is 10.2. The minimum Gasteiger partial charge on any atom is -0.366 e. The number of sulfonamides is 1. The van der Waals surface area contributed by atoms with Crippen molar-refractivity contribution in [3.05, 3.63) is 89.5 Å². The van der Waals surface area contributed by atoms with Crippen molar-refractivity contribution in [1.82, 2.24) is 0 Å². The van der Waals surface area contributed by atoms with Crippen molar-refractivity contribution in [2.75, 3.05) is 10.0 Å². The average Bonchev–Trinajstić information content (AvgIpc) is 2.68. The number of carbonyl (C=O) groups is 2. The summed E-state index contributed by atoms with van der Waals surface area (Å²) < 4.78 is 27.8. The Labute approximate surface area is 168 Å². The van der Waals surface area contributed by atoms with Gasteiger partial charge in [-0.2, -0.15) is 0 Å². The predicted octanol–water partition coefficient (Wildman–Crippen LogP) is 3.15. The van der Waals surface area contributed by atoms with E-state index < -0.39 is 21.8 Å². The molecule has 0 aliphatic rings. The Morgan fingerprint density at radius 3 is 2.17 bits per heavy atom. The van der Waals surface area contributed by atoms with Gasteiger partial charge in [0, 0.05) is 22.5 Å². The van der Waals surface area contributed by atoms with E-state index in [2.05, 4.69) is 10.0 Å². The number of aryl methyl sites for hydroxylation is 1. The second-order valence-electron chi connectivity index (χ2n) is 6.40. The molecule has 0 unspecified atom stereocenters. The van der Waals surface area contributed by atoms with Crippen molar-refractivity contribution >= 4 is 33.2 Å². The first-order chi connectivity index (χ1) is 13.7. The summed E-state index contributed by atoms with van der Waals surface area (Å²) in [6, 6.07) is 18.8. The maximum atomic E-state index is 12.7. The molecular weight excluding hydrogens is 390 g/mol. The third kappa shape index (κ3) is 4.99. The molecule has 0 spiro atoms. The molecule has 0 saturated heterocycles. The zero-order chi connectivity index (χ0) is 21.0. The number of anilines is 2. The first-order valence-electron chi connectivity index (χ1n) is 8.65. The second-order valence-corrected chi connectivity index (χ2v) is 8.08. The molecule has 0 saturated carbocycles. The van der Waals surface area contributed by atoms with E-state index in [-0.39, 0.29) is 10.5 Å². The van der Waals surface area contributed by atoms with Crippen molar-refractivity contribution in [1.29, 1.82) is 0 Å². The molecule has 29 heavy (non-hydrogen) atoms. The molecule has 0 aliphatic carbocycles. The van der Waals surface area contributed by atoms with Gasteiger partial charge in [-0.1, -0.05) is 18.2 Å². The second kappa shape index (κ2) is 8.15. The van der Waals surface area contributed by atoms with Gasteiger partial charge in [0.2, 0.25) is 5.91 Å². The highest BCUT2D eigenvalue weighted by Crippen LogP contribution is 2.19. The van der Waals surface area contributed by atoms with E-state index in [4.69, 9.17) is 5.73 Å². The van der Waals surface area contributed by atoms with E-state index in [0.717, 1.165) is 5.56 Å². The van der Waals surface area contributed by atoms with E-state index in [0.29, 0.717) is 16.9 Å². The number of nitrogens with one attached hydrogen (secondary N) is 2. The molecule has 0 aromatic heterocycles. The molecule has 7 nitrogen and oxygen atoms in total. The van der Waals surface area contributed by atoms with Gasteiger partial charge in [0.25, 0.3) is 15.9 Å². The summed E-state index contributed by atoms with van der Waals surface area (Å²) in [7, 11) is -3.86. The summed E-state index contributed by atoms with van der Waals surface area (Å²) in [5.41, 5.74) is 7.49. The highest BCUT2D eigenvalue weighted by molar-refractivity contribution is 7.92. The monoisotopic (exact) mass is 409 g/mol. The standard InChI is InChI=1S/C21H19N3O4S/c1-14-4-2-6-18(12-14)24-29(27,28)19-7-3-5-16(13-19)21(26)23-17-10-8-15(9-11-17)20(22)25/h2-13,24H,1H3,(H2,22,25)(H,23,26). The van der Waals surface area contributed by atoms with Crippen molar-refractivity contribution in [3.8, 4) is 0 Å². The number of benzene rings is 3. The molecule has 0 bridgehead atoms. The van der Waals surface area contributed by atoms with Crippen molar-refractivity contribution in [3.63, 3.8) is 0 Å². The lowest BCUT2D eigenvalue weighted by molar-refractivity contribution is 0.0998. The van der Waals surface area contributed by atoms with Crippen LogP contribution in [0.15, 0.2) is 77.7 Å². The smallest absolute Gasteiger partial charge is 0.261 e. The van der Waals surface area contributed by atoms with Crippen LogP contribution in [0.4, 0.5) is 11.4 Å². The van der Waals surface area contributed by atoms with Crippen LogP contribution in [0.25, 0.3) is 0 Å². The quantitative estimate of drug-likeness (QED) is 0.579. The van der Waals surface area contributed by atoms with Crippen LogP contribution in [-0.2, 0) is 10.0 Å². The number of primary amides is 1. The van der Waals surface area contributed by atoms with E-state index in [1.165, 1.54) is 48.5 Å². The minimum atomic E-state index is -3.86. The lowest BCUT2D eigenvalue weighted by Gasteiger charge is -2.10. The molecule has 148 valence electrons. The first-order valence-corrected chi connectivity index (χ1v) is 10.1. The molecule has 0 heterocycles. The summed E-state index contributed by atoms with van der Waals surface area (Å²) >= 11 is 0. The highest BCUT2D eigenvalue weighted by Gasteiger charge is 2.17. The Morgan fingerprint density at radius 1 is 0.828 bits per heavy atom. The fourth-order valence-electron chi connectivity index (χ4n) is 2.65. The molecule has 0 fully saturated rings. The van der Waals surface area contributed by atoms with E-state index >= 15 is 0 Å². The summed E-state index contributed by atoms with van der Waals surface area (Å²) in [6.07, 6.45) is 0. The molecule has 3 aromatic carbocycles. The van der Waals surface area contributed by atoms with Crippen LogP contribution >= 0.6 is 0 Å². The average molecular weight is 409 g/mol. The zero-order valence-corrected chi connectivity index (χ0v) is 16.4. The fraction of sp³-hybridized carbons (Fsp3) is 0.0476. The van der Waals surface area contributed by atoms with Crippen molar-refractivity contribution < 1.29 is 18.0 Å². The number of hydrogen-bond donors (Lipinski definition) is 3. The number of amides is 2. The molecule has 3 rings (SSSR count). The predicted molar refractivity (Wildman–Crippen MR) is 111 cm³/mol. The van der Waals surface area contributed by atoms with Gasteiger partial charge in [-0.15, -0.1) is 0 Å². The third-order valence-corrected chi connectivity index (χ3v) is 5.48. The molecule has 3 aromatic rings. The molecule has 0 atom stereocenters. The molecule has 4 N–H and O–H groups in total. The first kappa shape index (κ1) is 20.1. The van der Waals surface area contributed by atoms with Crippen LogP contribution in [0.2, 0.25) is 0 Å². The van der Waals surface area contributed by atoms with Crippen LogP contribution in [0.3, 0.4) is 0 Å². The molecular formula is C21H19N3O4S. The molecule has 8 heteroatoms.